The van der Waals surface area contributed by atoms with E-state index >= 15 is 0 Å². The van der Waals surface area contributed by atoms with Crippen LogP contribution in [0.4, 0.5) is 0 Å². The topological polar surface area (TPSA) is 23.9 Å². The summed E-state index contributed by atoms with van der Waals surface area (Å²) in [6.07, 6.45) is 5.72. The third-order valence-corrected chi connectivity index (χ3v) is 3.35. The standard InChI is InChI=1S/C18H13N/c1-2-7-17(19)18-15-10-5-3-8-13(15)12-14-9-4-6-11-16(14)18/h1,3-6,8-12,19H,7H2. The van der Waals surface area contributed by atoms with Crippen LogP contribution < -0.4 is 0 Å². The summed E-state index contributed by atoms with van der Waals surface area (Å²) < 4.78 is 0. The van der Waals surface area contributed by atoms with Crippen LogP contribution in [0.25, 0.3) is 21.5 Å². The zero-order chi connectivity index (χ0) is 13.2. The van der Waals surface area contributed by atoms with Gasteiger partial charge < -0.3 is 5.41 Å². The lowest BCUT2D eigenvalue weighted by Crippen LogP contribution is -2.00. The van der Waals surface area contributed by atoms with Gasteiger partial charge in [0.1, 0.15) is 0 Å². The number of hydrogen-bond acceptors (Lipinski definition) is 1. The molecule has 0 aliphatic carbocycles. The van der Waals surface area contributed by atoms with Gasteiger partial charge in [-0.15, -0.1) is 12.3 Å². The Kier molecular flexibility index (Phi) is 2.78. The van der Waals surface area contributed by atoms with Crippen molar-refractivity contribution in [3.05, 3.63) is 60.2 Å². The molecule has 0 heterocycles. The average Bonchev–Trinajstić information content (AvgIpc) is 2.44. The van der Waals surface area contributed by atoms with Crippen molar-refractivity contribution in [2.45, 2.75) is 6.42 Å². The predicted molar refractivity (Wildman–Crippen MR) is 81.7 cm³/mol. The first-order valence-corrected chi connectivity index (χ1v) is 6.23. The maximum absolute atomic E-state index is 8.25. The highest BCUT2D eigenvalue weighted by atomic mass is 14.4. The fourth-order valence-corrected chi connectivity index (χ4v) is 2.53. The molecule has 3 aromatic carbocycles. The monoisotopic (exact) mass is 243 g/mol. The molecule has 1 heteroatoms. The third-order valence-electron chi connectivity index (χ3n) is 3.35. The molecule has 3 aromatic rings. The normalized spacial score (nSPS) is 10.5. The summed E-state index contributed by atoms with van der Waals surface area (Å²) in [6.45, 7) is 0. The van der Waals surface area contributed by atoms with E-state index in [0.717, 1.165) is 27.1 Å². The van der Waals surface area contributed by atoms with Gasteiger partial charge in [-0.2, -0.15) is 0 Å². The zero-order valence-electron chi connectivity index (χ0n) is 10.5. The molecule has 0 aliphatic heterocycles. The molecule has 90 valence electrons. The average molecular weight is 243 g/mol. The number of rotatable bonds is 2. The summed E-state index contributed by atoms with van der Waals surface area (Å²) in [5.74, 6) is 2.57. The molecule has 0 saturated heterocycles. The van der Waals surface area contributed by atoms with Crippen LogP contribution in [0.15, 0.2) is 54.6 Å². The minimum Gasteiger partial charge on any atom is -0.304 e. The second kappa shape index (κ2) is 4.59. The van der Waals surface area contributed by atoms with E-state index in [9.17, 15) is 0 Å². The van der Waals surface area contributed by atoms with Gasteiger partial charge in [0, 0.05) is 5.56 Å². The lowest BCUT2D eigenvalue weighted by Gasteiger charge is -2.11. The van der Waals surface area contributed by atoms with E-state index in [0.29, 0.717) is 12.1 Å². The first kappa shape index (κ1) is 11.5. The van der Waals surface area contributed by atoms with Crippen molar-refractivity contribution in [2.75, 3.05) is 0 Å². The van der Waals surface area contributed by atoms with Crippen molar-refractivity contribution in [1.29, 1.82) is 5.41 Å². The first-order chi connectivity index (χ1) is 9.31. The lowest BCUT2D eigenvalue weighted by molar-refractivity contribution is 1.41. The molecular formula is C18H13N. The van der Waals surface area contributed by atoms with Crippen LogP contribution in [0.3, 0.4) is 0 Å². The van der Waals surface area contributed by atoms with Crippen molar-refractivity contribution in [2.24, 2.45) is 0 Å². The van der Waals surface area contributed by atoms with E-state index in [1.807, 2.05) is 24.3 Å². The van der Waals surface area contributed by atoms with Gasteiger partial charge in [-0.25, -0.2) is 0 Å². The van der Waals surface area contributed by atoms with Gasteiger partial charge in [0.05, 0.1) is 12.1 Å². The molecule has 0 atom stereocenters. The van der Waals surface area contributed by atoms with Crippen LogP contribution in [0.2, 0.25) is 0 Å². The molecule has 0 aliphatic rings. The highest BCUT2D eigenvalue weighted by molar-refractivity contribution is 6.20. The molecule has 0 spiro atoms. The molecular weight excluding hydrogens is 230 g/mol. The smallest absolute Gasteiger partial charge is 0.0517 e. The second-order valence-corrected chi connectivity index (χ2v) is 4.55. The van der Waals surface area contributed by atoms with Gasteiger partial charge in [0.25, 0.3) is 0 Å². The van der Waals surface area contributed by atoms with E-state index in [4.69, 9.17) is 11.8 Å². The highest BCUT2D eigenvalue weighted by Crippen LogP contribution is 2.29. The summed E-state index contributed by atoms with van der Waals surface area (Å²) >= 11 is 0. The molecule has 1 N–H and O–H groups in total. The minimum atomic E-state index is 0.359. The predicted octanol–water partition coefficient (Wildman–Crippen LogP) is 4.38. The van der Waals surface area contributed by atoms with Crippen molar-refractivity contribution < 1.29 is 0 Å². The van der Waals surface area contributed by atoms with Crippen LogP contribution in [0.1, 0.15) is 12.0 Å². The summed E-state index contributed by atoms with van der Waals surface area (Å²) in [5, 5.41) is 12.8. The van der Waals surface area contributed by atoms with Crippen molar-refractivity contribution in [3.63, 3.8) is 0 Å². The van der Waals surface area contributed by atoms with Gasteiger partial charge in [0.15, 0.2) is 0 Å². The number of hydrogen-bond donors (Lipinski definition) is 1. The van der Waals surface area contributed by atoms with Gasteiger partial charge in [-0.05, 0) is 27.6 Å². The first-order valence-electron chi connectivity index (χ1n) is 6.23. The Morgan fingerprint density at radius 3 is 2.00 bits per heavy atom. The Morgan fingerprint density at radius 2 is 1.47 bits per heavy atom. The van der Waals surface area contributed by atoms with Crippen LogP contribution >= 0.6 is 0 Å². The SMILES string of the molecule is C#CCC(=N)c1c2ccccc2cc2ccccc12. The zero-order valence-corrected chi connectivity index (χ0v) is 10.5. The van der Waals surface area contributed by atoms with E-state index in [2.05, 4.69) is 36.3 Å². The third kappa shape index (κ3) is 1.88. The fourth-order valence-electron chi connectivity index (χ4n) is 2.53. The lowest BCUT2D eigenvalue weighted by atomic mass is 9.93. The van der Waals surface area contributed by atoms with E-state index in [1.54, 1.807) is 0 Å². The molecule has 0 aromatic heterocycles. The molecule has 0 amide bonds. The van der Waals surface area contributed by atoms with Gasteiger partial charge >= 0.3 is 0 Å². The molecule has 0 fully saturated rings. The maximum atomic E-state index is 8.25. The Hall–Kier alpha value is -2.59. The highest BCUT2D eigenvalue weighted by Gasteiger charge is 2.10. The van der Waals surface area contributed by atoms with Gasteiger partial charge in [0.2, 0.25) is 0 Å². The Bertz CT molecular complexity index is 768. The summed E-state index contributed by atoms with van der Waals surface area (Å²) in [6, 6.07) is 18.5. The van der Waals surface area contributed by atoms with Gasteiger partial charge in [-0.3, -0.25) is 0 Å². The molecule has 3 rings (SSSR count). The van der Waals surface area contributed by atoms with E-state index in [-0.39, 0.29) is 0 Å². The van der Waals surface area contributed by atoms with E-state index < -0.39 is 0 Å². The molecule has 0 bridgehead atoms. The number of benzene rings is 3. The van der Waals surface area contributed by atoms with Crippen molar-refractivity contribution in [1.82, 2.24) is 0 Å². The maximum Gasteiger partial charge on any atom is 0.0517 e. The van der Waals surface area contributed by atoms with E-state index in [1.165, 1.54) is 0 Å². The molecule has 0 unspecified atom stereocenters. The number of nitrogens with one attached hydrogen (secondary N) is 1. The number of terminal acetylenes is 1. The summed E-state index contributed by atoms with van der Waals surface area (Å²) in [4.78, 5) is 0. The Balaban J connectivity index is 2.47. The Labute approximate surface area is 112 Å². The molecule has 0 saturated carbocycles. The quantitative estimate of drug-likeness (QED) is 0.392. The van der Waals surface area contributed by atoms with Crippen molar-refractivity contribution in [3.8, 4) is 12.3 Å². The van der Waals surface area contributed by atoms with Crippen LogP contribution in [-0.2, 0) is 0 Å². The van der Waals surface area contributed by atoms with Crippen molar-refractivity contribution >= 4 is 27.3 Å². The van der Waals surface area contributed by atoms with Crippen LogP contribution in [0, 0.1) is 17.8 Å². The van der Waals surface area contributed by atoms with Crippen LogP contribution in [-0.4, -0.2) is 5.71 Å². The van der Waals surface area contributed by atoms with Gasteiger partial charge in [-0.1, -0.05) is 48.5 Å². The van der Waals surface area contributed by atoms with Crippen LogP contribution in [0.5, 0.6) is 0 Å². The second-order valence-electron chi connectivity index (χ2n) is 4.55. The molecule has 19 heavy (non-hydrogen) atoms. The fraction of sp³-hybridized carbons (Fsp3) is 0.0556. The molecule has 0 radical (unpaired) electrons. The summed E-state index contributed by atoms with van der Waals surface area (Å²) in [5.41, 5.74) is 1.47. The number of fused-ring (bicyclic) bond motifs is 2. The Morgan fingerprint density at radius 1 is 0.947 bits per heavy atom. The summed E-state index contributed by atoms with van der Waals surface area (Å²) in [7, 11) is 0. The minimum absolute atomic E-state index is 0.359. The molecule has 1 nitrogen and oxygen atoms in total. The largest absolute Gasteiger partial charge is 0.304 e.